The Balaban J connectivity index is 1.70. The Hall–Kier alpha value is -1.05. The fourth-order valence-corrected chi connectivity index (χ4v) is 4.29. The molecule has 3 rings (SSSR count). The molecule has 0 N–H and O–H groups in total. The van der Waals surface area contributed by atoms with Gasteiger partial charge >= 0.3 is 5.97 Å². The van der Waals surface area contributed by atoms with Crippen molar-refractivity contribution < 1.29 is 9.53 Å². The largest absolute Gasteiger partial charge is 0.460 e. The van der Waals surface area contributed by atoms with Gasteiger partial charge in [-0.3, -0.25) is 4.79 Å². The van der Waals surface area contributed by atoms with Crippen LogP contribution in [0.3, 0.4) is 0 Å². The maximum Gasteiger partial charge on any atom is 0.306 e. The SMILES string of the molecule is CC1=C[C@@H]2[C@H]([C@@H]1CC(=O)OC(C)(C)C)[C@H]1C=C[C@@H]2C1. The number of hydrogen-bond donors (Lipinski definition) is 0. The summed E-state index contributed by atoms with van der Waals surface area (Å²) in [5.41, 5.74) is 1.03. The van der Waals surface area contributed by atoms with E-state index in [1.807, 2.05) is 20.8 Å². The monoisotopic (exact) mass is 260 g/mol. The third-order valence-electron chi connectivity index (χ3n) is 4.89. The molecular formula is C17H24O2. The van der Waals surface area contributed by atoms with Crippen LogP contribution in [-0.2, 0) is 9.53 Å². The van der Waals surface area contributed by atoms with E-state index in [-0.39, 0.29) is 11.6 Å². The fourth-order valence-electron chi connectivity index (χ4n) is 4.29. The average molecular weight is 260 g/mol. The van der Waals surface area contributed by atoms with Crippen LogP contribution in [0.2, 0.25) is 0 Å². The summed E-state index contributed by atoms with van der Waals surface area (Å²) in [7, 11) is 0. The molecule has 2 bridgehead atoms. The van der Waals surface area contributed by atoms with Crippen molar-refractivity contribution >= 4 is 5.97 Å². The van der Waals surface area contributed by atoms with E-state index in [0.29, 0.717) is 30.1 Å². The van der Waals surface area contributed by atoms with Crippen molar-refractivity contribution in [1.82, 2.24) is 0 Å². The number of ether oxygens (including phenoxy) is 1. The van der Waals surface area contributed by atoms with E-state index in [9.17, 15) is 4.79 Å². The van der Waals surface area contributed by atoms with Gasteiger partial charge in [0.05, 0.1) is 6.42 Å². The van der Waals surface area contributed by atoms with Crippen molar-refractivity contribution in [3.8, 4) is 0 Å². The van der Waals surface area contributed by atoms with Crippen molar-refractivity contribution in [1.29, 1.82) is 0 Å². The molecule has 0 saturated heterocycles. The predicted octanol–water partition coefficient (Wildman–Crippen LogP) is 3.73. The first-order valence-corrected chi connectivity index (χ1v) is 7.43. The summed E-state index contributed by atoms with van der Waals surface area (Å²) in [5, 5.41) is 0. The summed E-state index contributed by atoms with van der Waals surface area (Å²) < 4.78 is 5.49. The Morgan fingerprint density at radius 3 is 2.68 bits per heavy atom. The molecule has 0 aliphatic heterocycles. The van der Waals surface area contributed by atoms with Crippen LogP contribution in [0, 0.1) is 29.6 Å². The molecule has 0 aromatic carbocycles. The Labute approximate surface area is 115 Å². The number of allylic oxidation sites excluding steroid dienone is 4. The third-order valence-corrected chi connectivity index (χ3v) is 4.89. The summed E-state index contributed by atoms with van der Waals surface area (Å²) in [4.78, 5) is 12.1. The molecule has 0 radical (unpaired) electrons. The first-order chi connectivity index (χ1) is 8.85. The number of rotatable bonds is 2. The molecular weight excluding hydrogens is 236 g/mol. The van der Waals surface area contributed by atoms with Crippen LogP contribution in [0.25, 0.3) is 0 Å². The Bertz CT molecular complexity index is 452. The summed E-state index contributed by atoms with van der Waals surface area (Å²) in [6.45, 7) is 7.99. The van der Waals surface area contributed by atoms with Crippen LogP contribution in [-0.4, -0.2) is 11.6 Å². The lowest BCUT2D eigenvalue weighted by Gasteiger charge is -2.28. The van der Waals surface area contributed by atoms with Crippen LogP contribution in [0.1, 0.15) is 40.5 Å². The maximum absolute atomic E-state index is 12.1. The number of hydrogen-bond acceptors (Lipinski definition) is 2. The quantitative estimate of drug-likeness (QED) is 0.558. The first kappa shape index (κ1) is 13.0. The summed E-state index contributed by atoms with van der Waals surface area (Å²) >= 11 is 0. The highest BCUT2D eigenvalue weighted by Gasteiger charge is 2.50. The molecule has 2 heteroatoms. The number of fused-ring (bicyclic) bond motifs is 5. The second-order valence-corrected chi connectivity index (χ2v) is 7.41. The van der Waals surface area contributed by atoms with Crippen LogP contribution >= 0.6 is 0 Å². The standard InChI is InChI=1S/C17H24O2/c1-10-7-14-11-5-6-12(8-11)16(14)13(10)9-15(18)19-17(2,3)4/h5-7,11-14,16H,8-9H2,1-4H3/t11-,12+,13-,14+,16+/m1/s1. The topological polar surface area (TPSA) is 26.3 Å². The second kappa shape index (κ2) is 4.22. The van der Waals surface area contributed by atoms with Crippen LogP contribution in [0.5, 0.6) is 0 Å². The number of esters is 1. The lowest BCUT2D eigenvalue weighted by Crippen LogP contribution is -2.28. The summed E-state index contributed by atoms with van der Waals surface area (Å²) in [5.74, 6) is 3.12. The lowest BCUT2D eigenvalue weighted by molar-refractivity contribution is -0.156. The Kier molecular flexibility index (Phi) is 2.88. The molecule has 3 aliphatic rings. The number of carbonyl (C=O) groups is 1. The minimum atomic E-state index is -0.374. The van der Waals surface area contributed by atoms with Gasteiger partial charge in [0.2, 0.25) is 0 Å². The van der Waals surface area contributed by atoms with Gasteiger partial charge in [-0.1, -0.05) is 23.8 Å². The lowest BCUT2D eigenvalue weighted by atomic mass is 9.78. The van der Waals surface area contributed by atoms with Gasteiger partial charge < -0.3 is 4.74 Å². The van der Waals surface area contributed by atoms with Gasteiger partial charge in [0.15, 0.2) is 0 Å². The highest BCUT2D eigenvalue weighted by Crippen LogP contribution is 2.57. The molecule has 19 heavy (non-hydrogen) atoms. The molecule has 0 amide bonds. The minimum Gasteiger partial charge on any atom is -0.460 e. The molecule has 0 unspecified atom stereocenters. The van der Waals surface area contributed by atoms with Crippen LogP contribution in [0.4, 0.5) is 0 Å². The van der Waals surface area contributed by atoms with Crippen molar-refractivity contribution in [3.63, 3.8) is 0 Å². The zero-order chi connectivity index (χ0) is 13.8. The molecule has 1 saturated carbocycles. The van der Waals surface area contributed by atoms with Crippen LogP contribution in [0.15, 0.2) is 23.8 Å². The van der Waals surface area contributed by atoms with E-state index in [4.69, 9.17) is 4.74 Å². The minimum absolute atomic E-state index is 0.0438. The zero-order valence-corrected chi connectivity index (χ0v) is 12.3. The van der Waals surface area contributed by atoms with E-state index in [1.165, 1.54) is 12.0 Å². The highest BCUT2D eigenvalue weighted by atomic mass is 16.6. The zero-order valence-electron chi connectivity index (χ0n) is 12.3. The molecule has 5 atom stereocenters. The molecule has 0 spiro atoms. The van der Waals surface area contributed by atoms with Gasteiger partial charge in [-0.15, -0.1) is 0 Å². The molecule has 3 aliphatic carbocycles. The second-order valence-electron chi connectivity index (χ2n) is 7.41. The average Bonchev–Trinajstić information content (AvgIpc) is 2.89. The van der Waals surface area contributed by atoms with Gasteiger partial charge in [0.1, 0.15) is 5.60 Å². The normalized spacial score (nSPS) is 39.4. The molecule has 0 aromatic rings. The van der Waals surface area contributed by atoms with Crippen molar-refractivity contribution in [3.05, 3.63) is 23.8 Å². The maximum atomic E-state index is 12.1. The third kappa shape index (κ3) is 2.26. The Morgan fingerprint density at radius 1 is 1.32 bits per heavy atom. The van der Waals surface area contributed by atoms with E-state index >= 15 is 0 Å². The molecule has 2 nitrogen and oxygen atoms in total. The molecule has 0 aromatic heterocycles. The van der Waals surface area contributed by atoms with Gasteiger partial charge in [-0.2, -0.15) is 0 Å². The fraction of sp³-hybridized carbons (Fsp3) is 0.706. The van der Waals surface area contributed by atoms with E-state index in [1.54, 1.807) is 0 Å². The van der Waals surface area contributed by atoms with E-state index in [0.717, 1.165) is 5.92 Å². The molecule has 1 fully saturated rings. The van der Waals surface area contributed by atoms with Gasteiger partial charge in [0, 0.05) is 0 Å². The molecule has 0 heterocycles. The predicted molar refractivity (Wildman–Crippen MR) is 75.4 cm³/mol. The van der Waals surface area contributed by atoms with Gasteiger partial charge in [-0.25, -0.2) is 0 Å². The Morgan fingerprint density at radius 2 is 2.00 bits per heavy atom. The van der Waals surface area contributed by atoms with Crippen molar-refractivity contribution in [2.45, 2.75) is 46.1 Å². The smallest absolute Gasteiger partial charge is 0.306 e. The first-order valence-electron chi connectivity index (χ1n) is 7.43. The van der Waals surface area contributed by atoms with Crippen molar-refractivity contribution in [2.75, 3.05) is 0 Å². The molecule has 104 valence electrons. The van der Waals surface area contributed by atoms with Crippen molar-refractivity contribution in [2.24, 2.45) is 29.6 Å². The van der Waals surface area contributed by atoms with Crippen LogP contribution < -0.4 is 0 Å². The summed E-state index contributed by atoms with van der Waals surface area (Å²) in [6, 6.07) is 0. The summed E-state index contributed by atoms with van der Waals surface area (Å²) in [6.07, 6.45) is 9.03. The highest BCUT2D eigenvalue weighted by molar-refractivity contribution is 5.71. The van der Waals surface area contributed by atoms with E-state index in [2.05, 4.69) is 25.2 Å². The number of carbonyl (C=O) groups excluding carboxylic acids is 1. The van der Waals surface area contributed by atoms with Gasteiger partial charge in [0.25, 0.3) is 0 Å². The van der Waals surface area contributed by atoms with E-state index < -0.39 is 0 Å². The van der Waals surface area contributed by atoms with Gasteiger partial charge in [-0.05, 0) is 63.7 Å².